The van der Waals surface area contributed by atoms with Crippen LogP contribution in [-0.2, 0) is 24.6 Å². The molecule has 1 amide bonds. The van der Waals surface area contributed by atoms with Crippen molar-refractivity contribution in [3.8, 4) is 6.07 Å². The lowest BCUT2D eigenvalue weighted by Gasteiger charge is -2.22. The van der Waals surface area contributed by atoms with Crippen LogP contribution in [0.1, 0.15) is 58.6 Å². The number of anilines is 1. The molecule has 0 bridgehead atoms. The van der Waals surface area contributed by atoms with Crippen LogP contribution in [0.15, 0.2) is 18.5 Å². The molecule has 0 unspecified atom stereocenters. The van der Waals surface area contributed by atoms with Crippen molar-refractivity contribution in [3.63, 3.8) is 0 Å². The molecule has 3 atom stereocenters. The number of rotatable bonds is 10. The van der Waals surface area contributed by atoms with E-state index in [0.29, 0.717) is 30.7 Å². The van der Waals surface area contributed by atoms with E-state index in [-0.39, 0.29) is 18.3 Å². The van der Waals surface area contributed by atoms with E-state index in [4.69, 9.17) is 19.9 Å². The zero-order valence-electron chi connectivity index (χ0n) is 19.8. The van der Waals surface area contributed by atoms with Crippen molar-refractivity contribution in [2.24, 2.45) is 11.7 Å². The van der Waals surface area contributed by atoms with Gasteiger partial charge < -0.3 is 19.9 Å². The van der Waals surface area contributed by atoms with Gasteiger partial charge in [0.2, 0.25) is 0 Å². The predicted octanol–water partition coefficient (Wildman–Crippen LogP) is 2.89. The number of unbranched alkanes of at least 4 members (excludes halogenated alkanes) is 2. The fourth-order valence-corrected chi connectivity index (χ4v) is 3.74. The van der Waals surface area contributed by atoms with Crippen molar-refractivity contribution in [3.05, 3.63) is 24.2 Å². The highest BCUT2D eigenvalue weighted by molar-refractivity contribution is 5.88. The van der Waals surface area contributed by atoms with Crippen LogP contribution < -0.4 is 11.1 Å². The lowest BCUT2D eigenvalue weighted by molar-refractivity contribution is -0.151. The minimum atomic E-state index is -1.28. The number of esters is 1. The average Bonchev–Trinajstić information content (AvgIpc) is 3.45. The molecule has 1 aliphatic rings. The maximum Gasteiger partial charge on any atom is 0.412 e. The van der Waals surface area contributed by atoms with Gasteiger partial charge in [-0.05, 0) is 37.3 Å². The number of nitrogens with zero attached hydrogens (tertiary/aromatic N) is 4. The molecule has 11 nitrogen and oxygen atoms in total. The molecular formula is C23H32N6O5. The molecule has 2 aromatic rings. The third-order valence-corrected chi connectivity index (χ3v) is 5.84. The van der Waals surface area contributed by atoms with E-state index < -0.39 is 29.8 Å². The smallest absolute Gasteiger partial charge is 0.412 e. The molecule has 1 aliphatic heterocycles. The molecule has 0 aromatic carbocycles. The molecular weight excluding hydrogens is 440 g/mol. The highest BCUT2D eigenvalue weighted by Gasteiger charge is 2.45. The van der Waals surface area contributed by atoms with Gasteiger partial charge in [0, 0.05) is 0 Å². The second-order valence-corrected chi connectivity index (χ2v) is 8.71. The summed E-state index contributed by atoms with van der Waals surface area (Å²) in [6.45, 7) is 6.09. The van der Waals surface area contributed by atoms with Gasteiger partial charge in [-0.2, -0.15) is 10.4 Å². The van der Waals surface area contributed by atoms with Gasteiger partial charge in [-0.25, -0.2) is 14.3 Å². The molecule has 3 N–H and O–H groups in total. The van der Waals surface area contributed by atoms with Gasteiger partial charge in [-0.3, -0.25) is 10.1 Å². The van der Waals surface area contributed by atoms with E-state index in [1.165, 1.54) is 10.8 Å². The van der Waals surface area contributed by atoms with E-state index in [9.17, 15) is 14.9 Å². The summed E-state index contributed by atoms with van der Waals surface area (Å²) in [5.74, 6) is -0.273. The molecule has 3 heterocycles. The highest BCUT2D eigenvalue weighted by atomic mass is 16.6. The number of nitriles is 1. The molecule has 184 valence electrons. The molecule has 3 rings (SSSR count). The van der Waals surface area contributed by atoms with Gasteiger partial charge in [-0.1, -0.05) is 33.6 Å². The van der Waals surface area contributed by atoms with Crippen LogP contribution in [0.4, 0.5) is 10.6 Å². The molecule has 2 aromatic heterocycles. The fourth-order valence-electron chi connectivity index (χ4n) is 3.74. The van der Waals surface area contributed by atoms with Gasteiger partial charge >= 0.3 is 12.1 Å². The Morgan fingerprint density at radius 1 is 1.38 bits per heavy atom. The maximum atomic E-state index is 12.1. The number of nitrogens with one attached hydrogen (secondary N) is 1. The quantitative estimate of drug-likeness (QED) is 0.392. The zero-order chi connectivity index (χ0) is 24.7. The van der Waals surface area contributed by atoms with E-state index >= 15 is 0 Å². The first kappa shape index (κ1) is 25.4. The summed E-state index contributed by atoms with van der Waals surface area (Å²) in [5.41, 5.74) is 5.55. The van der Waals surface area contributed by atoms with E-state index in [2.05, 4.69) is 28.4 Å². The first-order valence-electron chi connectivity index (χ1n) is 11.6. The lowest BCUT2D eigenvalue weighted by Crippen LogP contribution is -2.38. The first-order valence-corrected chi connectivity index (χ1v) is 11.6. The summed E-state index contributed by atoms with van der Waals surface area (Å²) in [5, 5.41) is 16.9. The number of hydrogen-bond donors (Lipinski definition) is 2. The molecule has 0 aliphatic carbocycles. The first-order chi connectivity index (χ1) is 16.3. The third kappa shape index (κ3) is 5.63. The Balaban J connectivity index is 1.70. The second kappa shape index (κ2) is 11.3. The highest BCUT2D eigenvalue weighted by Crippen LogP contribution is 2.40. The van der Waals surface area contributed by atoms with E-state index in [0.717, 1.165) is 19.3 Å². The Hall–Kier alpha value is -3.23. The van der Waals surface area contributed by atoms with Crippen LogP contribution in [-0.4, -0.2) is 52.0 Å². The monoisotopic (exact) mass is 472 g/mol. The van der Waals surface area contributed by atoms with Crippen LogP contribution >= 0.6 is 0 Å². The molecule has 1 fully saturated rings. The minimum absolute atomic E-state index is 0.0116. The van der Waals surface area contributed by atoms with Crippen LogP contribution in [0.3, 0.4) is 0 Å². The predicted molar refractivity (Wildman–Crippen MR) is 123 cm³/mol. The Morgan fingerprint density at radius 3 is 2.88 bits per heavy atom. The Morgan fingerprint density at radius 2 is 2.18 bits per heavy atom. The zero-order valence-corrected chi connectivity index (χ0v) is 19.8. The van der Waals surface area contributed by atoms with Crippen LogP contribution in [0.2, 0.25) is 0 Å². The summed E-state index contributed by atoms with van der Waals surface area (Å²) in [7, 11) is 0. The molecule has 1 saturated heterocycles. The Kier molecular flexibility index (Phi) is 8.41. The molecule has 0 saturated carbocycles. The maximum absolute atomic E-state index is 12.1. The summed E-state index contributed by atoms with van der Waals surface area (Å²) < 4.78 is 18.1. The number of aromatic nitrogens is 3. The third-order valence-electron chi connectivity index (χ3n) is 5.84. The van der Waals surface area contributed by atoms with Gasteiger partial charge in [-0.15, -0.1) is 0 Å². The lowest BCUT2D eigenvalue weighted by atomic mass is 9.98. The van der Waals surface area contributed by atoms with Crippen LogP contribution in [0.25, 0.3) is 5.52 Å². The summed E-state index contributed by atoms with van der Waals surface area (Å²) >= 11 is 0. The average molecular weight is 473 g/mol. The number of ether oxygens (including phenoxy) is 3. The van der Waals surface area contributed by atoms with Gasteiger partial charge in [0.05, 0.1) is 18.4 Å². The van der Waals surface area contributed by atoms with Crippen molar-refractivity contribution in [2.75, 3.05) is 18.5 Å². The van der Waals surface area contributed by atoms with Gasteiger partial charge in [0.15, 0.2) is 11.4 Å². The summed E-state index contributed by atoms with van der Waals surface area (Å²) in [4.78, 5) is 28.3. The van der Waals surface area contributed by atoms with Gasteiger partial charge in [0.25, 0.3) is 0 Å². The van der Waals surface area contributed by atoms with Crippen molar-refractivity contribution >= 4 is 23.4 Å². The normalized spacial score (nSPS) is 20.8. The number of fused-ring (bicyclic) bond motifs is 1. The largest absolute Gasteiger partial charge is 0.462 e. The van der Waals surface area contributed by atoms with Crippen LogP contribution in [0.5, 0.6) is 0 Å². The molecule has 11 heteroatoms. The summed E-state index contributed by atoms with van der Waals surface area (Å²) in [6, 6.07) is 4.96. The molecule has 0 spiro atoms. The number of hydrogen-bond acceptors (Lipinski definition) is 9. The SMILES string of the molecule is CCCCCOC(=O)Nc1ncnn2c([C@@]3(C#N)CC[C@@H](COC(=O)[C@@H](N)C(C)C)O3)ccc12. The summed E-state index contributed by atoms with van der Waals surface area (Å²) in [6.07, 6.45) is 3.94. The number of amides is 1. The minimum Gasteiger partial charge on any atom is -0.462 e. The van der Waals surface area contributed by atoms with Crippen molar-refractivity contribution < 1.29 is 23.8 Å². The number of carbonyl (C=O) groups excluding carboxylic acids is 2. The fraction of sp³-hybridized carbons (Fsp3) is 0.609. The topological polar surface area (TPSA) is 154 Å². The number of carbonyl (C=O) groups is 2. The molecule has 0 radical (unpaired) electrons. The van der Waals surface area contributed by atoms with Crippen molar-refractivity contribution in [1.82, 2.24) is 14.6 Å². The van der Waals surface area contributed by atoms with E-state index in [1.807, 2.05) is 13.8 Å². The van der Waals surface area contributed by atoms with Gasteiger partial charge in [0.1, 0.15) is 30.6 Å². The molecule has 34 heavy (non-hydrogen) atoms. The Labute approximate surface area is 198 Å². The second-order valence-electron chi connectivity index (χ2n) is 8.71. The van der Waals surface area contributed by atoms with Crippen LogP contribution in [0, 0.1) is 17.2 Å². The standard InChI is InChI=1S/C23H32N6O5/c1-4-5-6-11-32-22(31)28-20-17-7-8-18(29(17)27-14-26-20)23(13-24)10-9-16(34-23)12-33-21(30)19(25)15(2)3/h7-8,14-16,19H,4-6,9-12,25H2,1-3H3,(H,26,27,28,31)/t16-,19-,23-/m0/s1. The van der Waals surface area contributed by atoms with Crippen molar-refractivity contribution in [1.29, 1.82) is 5.26 Å². The number of nitrogens with two attached hydrogens (primary N) is 1. The van der Waals surface area contributed by atoms with E-state index in [1.54, 1.807) is 12.1 Å². The van der Waals surface area contributed by atoms with Crippen molar-refractivity contribution in [2.45, 2.75) is 70.6 Å². The Bertz CT molecular complexity index is 1050.